The number of ether oxygens (including phenoxy) is 1. The molecule has 4 heteroatoms. The van der Waals surface area contributed by atoms with Crippen molar-refractivity contribution in [3.05, 3.63) is 12.2 Å². The predicted octanol–water partition coefficient (Wildman–Crippen LogP) is 11.4. The van der Waals surface area contributed by atoms with E-state index in [9.17, 15) is 14.7 Å². The summed E-state index contributed by atoms with van der Waals surface area (Å²) >= 11 is 0. The van der Waals surface area contributed by atoms with E-state index in [4.69, 9.17) is 4.74 Å². The van der Waals surface area contributed by atoms with E-state index in [2.05, 4.69) is 19.1 Å². The van der Waals surface area contributed by atoms with Crippen LogP contribution >= 0.6 is 0 Å². The zero-order chi connectivity index (χ0) is 28.7. The van der Waals surface area contributed by atoms with E-state index in [1.807, 2.05) is 6.92 Å². The number of hydrogen-bond donors (Lipinski definition) is 1. The third-order valence-corrected chi connectivity index (χ3v) is 7.79. The lowest BCUT2D eigenvalue weighted by molar-refractivity contribution is -0.151. The van der Waals surface area contributed by atoms with Crippen LogP contribution in [0.5, 0.6) is 0 Å². The van der Waals surface area contributed by atoms with E-state index >= 15 is 0 Å². The monoisotopic (exact) mass is 550 g/mol. The molecule has 1 unspecified atom stereocenters. The zero-order valence-electron chi connectivity index (χ0n) is 26.2. The number of rotatable bonds is 31. The summed E-state index contributed by atoms with van der Waals surface area (Å²) < 4.78 is 5.03. The molecule has 0 amide bonds. The van der Waals surface area contributed by atoms with Crippen LogP contribution in [0.1, 0.15) is 187 Å². The summed E-state index contributed by atoms with van der Waals surface area (Å²) in [7, 11) is 0. The van der Waals surface area contributed by atoms with Gasteiger partial charge in [-0.05, 0) is 38.5 Å². The normalized spacial score (nSPS) is 12.3. The minimum Gasteiger partial charge on any atom is -0.481 e. The van der Waals surface area contributed by atoms with Crippen molar-refractivity contribution >= 4 is 11.9 Å². The molecule has 0 aromatic carbocycles. The van der Waals surface area contributed by atoms with Crippen LogP contribution in [0.2, 0.25) is 0 Å². The van der Waals surface area contributed by atoms with Gasteiger partial charge < -0.3 is 9.84 Å². The van der Waals surface area contributed by atoms with Crippen LogP contribution in [0.25, 0.3) is 0 Å². The molecule has 0 fully saturated rings. The Morgan fingerprint density at radius 2 is 0.949 bits per heavy atom. The summed E-state index contributed by atoms with van der Waals surface area (Å²) in [4.78, 5) is 23.0. The number of unbranched alkanes of at least 4 members (excludes halogenated alkanes) is 22. The van der Waals surface area contributed by atoms with Crippen LogP contribution in [0.15, 0.2) is 12.2 Å². The van der Waals surface area contributed by atoms with Gasteiger partial charge in [-0.3, -0.25) is 9.59 Å². The van der Waals surface area contributed by atoms with Crippen molar-refractivity contribution in [1.82, 2.24) is 0 Å². The molecule has 1 atom stereocenters. The van der Waals surface area contributed by atoms with Crippen LogP contribution in [-0.4, -0.2) is 23.7 Å². The molecule has 0 heterocycles. The summed E-state index contributed by atoms with van der Waals surface area (Å²) in [5.41, 5.74) is 0. The van der Waals surface area contributed by atoms with Crippen molar-refractivity contribution in [2.75, 3.05) is 6.61 Å². The van der Waals surface area contributed by atoms with E-state index < -0.39 is 11.9 Å². The molecule has 0 saturated heterocycles. The van der Waals surface area contributed by atoms with Crippen LogP contribution in [0, 0.1) is 5.92 Å². The molecule has 0 aliphatic rings. The number of hydrogen-bond acceptors (Lipinski definition) is 3. The maximum absolute atomic E-state index is 11.7. The molecule has 0 rings (SSSR count). The van der Waals surface area contributed by atoms with E-state index in [1.165, 1.54) is 135 Å². The minimum atomic E-state index is -0.878. The summed E-state index contributed by atoms with van der Waals surface area (Å²) in [5, 5.41) is 9.33. The van der Waals surface area contributed by atoms with E-state index in [1.54, 1.807) is 0 Å². The van der Waals surface area contributed by atoms with Gasteiger partial charge >= 0.3 is 11.9 Å². The molecular formula is C35H66O4. The van der Waals surface area contributed by atoms with Crippen molar-refractivity contribution in [2.45, 2.75) is 187 Å². The van der Waals surface area contributed by atoms with Crippen LogP contribution in [-0.2, 0) is 14.3 Å². The standard InChI is InChI=1S/C35H66O4/c1-3-5-6-7-8-9-10-11-12-13-14-15-16-17-18-19-20-21-22-23-24-25-26-27-28-29-30-33(35(37)38)32-34(36)39-31-4-2/h19-20,33H,3-18,21-32H2,1-2H3,(H,37,38)/b20-19+. The summed E-state index contributed by atoms with van der Waals surface area (Å²) in [5.74, 6) is -1.86. The lowest BCUT2D eigenvalue weighted by Crippen LogP contribution is -2.19. The molecule has 0 radical (unpaired) electrons. The number of carbonyl (C=O) groups excluding carboxylic acids is 1. The Kier molecular flexibility index (Phi) is 30.2. The third-order valence-electron chi connectivity index (χ3n) is 7.79. The number of carbonyl (C=O) groups is 2. The maximum atomic E-state index is 11.7. The second kappa shape index (κ2) is 31.2. The van der Waals surface area contributed by atoms with Gasteiger partial charge in [0.15, 0.2) is 0 Å². The molecule has 0 aliphatic carbocycles. The Hall–Kier alpha value is -1.32. The average Bonchev–Trinajstić information content (AvgIpc) is 2.93. The highest BCUT2D eigenvalue weighted by atomic mass is 16.5. The first-order valence-electron chi connectivity index (χ1n) is 17.1. The van der Waals surface area contributed by atoms with Crippen LogP contribution < -0.4 is 0 Å². The van der Waals surface area contributed by atoms with Gasteiger partial charge in [-0.2, -0.15) is 0 Å². The van der Waals surface area contributed by atoms with Crippen molar-refractivity contribution in [3.8, 4) is 0 Å². The molecule has 230 valence electrons. The van der Waals surface area contributed by atoms with Crippen molar-refractivity contribution in [1.29, 1.82) is 0 Å². The molecule has 0 aliphatic heterocycles. The molecule has 0 bridgehead atoms. The van der Waals surface area contributed by atoms with Gasteiger partial charge in [-0.25, -0.2) is 0 Å². The molecule has 4 nitrogen and oxygen atoms in total. The Labute approximate surface area is 243 Å². The summed E-state index contributed by atoms with van der Waals surface area (Å²) in [6.45, 7) is 4.60. The fraction of sp³-hybridized carbons (Fsp3) is 0.886. The van der Waals surface area contributed by atoms with E-state index in [0.717, 1.165) is 25.7 Å². The Morgan fingerprint density at radius 1 is 0.564 bits per heavy atom. The topological polar surface area (TPSA) is 63.6 Å². The average molecular weight is 551 g/mol. The summed E-state index contributed by atoms with van der Waals surface area (Å²) in [6.07, 6.45) is 38.0. The predicted molar refractivity (Wildman–Crippen MR) is 167 cm³/mol. The van der Waals surface area contributed by atoms with Gasteiger partial charge in [0.2, 0.25) is 0 Å². The molecule has 0 spiro atoms. The first-order valence-corrected chi connectivity index (χ1v) is 17.1. The highest BCUT2D eigenvalue weighted by Crippen LogP contribution is 2.18. The molecule has 0 saturated carbocycles. The van der Waals surface area contributed by atoms with Crippen molar-refractivity contribution in [2.24, 2.45) is 5.92 Å². The number of allylic oxidation sites excluding steroid dienone is 2. The fourth-order valence-corrected chi connectivity index (χ4v) is 5.19. The second-order valence-electron chi connectivity index (χ2n) is 11.7. The first kappa shape index (κ1) is 37.7. The van der Waals surface area contributed by atoms with Gasteiger partial charge in [-0.15, -0.1) is 0 Å². The Morgan fingerprint density at radius 3 is 1.33 bits per heavy atom. The lowest BCUT2D eigenvalue weighted by atomic mass is 9.97. The number of esters is 1. The van der Waals surface area contributed by atoms with Gasteiger partial charge in [0.25, 0.3) is 0 Å². The highest BCUT2D eigenvalue weighted by molar-refractivity contribution is 5.78. The molecule has 39 heavy (non-hydrogen) atoms. The van der Waals surface area contributed by atoms with Gasteiger partial charge in [0, 0.05) is 0 Å². The van der Waals surface area contributed by atoms with E-state index in [0.29, 0.717) is 13.0 Å². The largest absolute Gasteiger partial charge is 0.481 e. The van der Waals surface area contributed by atoms with Gasteiger partial charge in [0.1, 0.15) is 0 Å². The number of aliphatic carboxylic acids is 1. The third kappa shape index (κ3) is 29.5. The quantitative estimate of drug-likeness (QED) is 0.0529. The first-order chi connectivity index (χ1) is 19.1. The second-order valence-corrected chi connectivity index (χ2v) is 11.7. The van der Waals surface area contributed by atoms with Crippen LogP contribution in [0.4, 0.5) is 0 Å². The highest BCUT2D eigenvalue weighted by Gasteiger charge is 2.21. The zero-order valence-corrected chi connectivity index (χ0v) is 26.2. The van der Waals surface area contributed by atoms with Crippen LogP contribution in [0.3, 0.4) is 0 Å². The van der Waals surface area contributed by atoms with Gasteiger partial charge in [0.05, 0.1) is 18.9 Å². The SMILES string of the molecule is CCCCCCCCCCCCCCCC/C=C/CCCCCCCCCCC(CC(=O)OCCC)C(=O)O. The summed E-state index contributed by atoms with van der Waals surface area (Å²) in [6, 6.07) is 0. The smallest absolute Gasteiger partial charge is 0.307 e. The fourth-order valence-electron chi connectivity index (χ4n) is 5.19. The minimum absolute atomic E-state index is 0.00319. The molecule has 0 aromatic rings. The van der Waals surface area contributed by atoms with Gasteiger partial charge in [-0.1, -0.05) is 154 Å². The van der Waals surface area contributed by atoms with E-state index in [-0.39, 0.29) is 12.4 Å². The molecule has 1 N–H and O–H groups in total. The maximum Gasteiger partial charge on any atom is 0.307 e. The number of carboxylic acids is 1. The molecular weight excluding hydrogens is 484 g/mol. The molecule has 0 aromatic heterocycles. The Balaban J connectivity index is 3.34. The van der Waals surface area contributed by atoms with Crippen molar-refractivity contribution in [3.63, 3.8) is 0 Å². The number of carboxylic acid groups (broad SMARTS) is 1. The Bertz CT molecular complexity index is 557. The van der Waals surface area contributed by atoms with Crippen molar-refractivity contribution < 1.29 is 19.4 Å². The lowest BCUT2D eigenvalue weighted by Gasteiger charge is -2.11.